The zero-order valence-electron chi connectivity index (χ0n) is 11.4. The molecule has 0 radical (unpaired) electrons. The average molecular weight is 421 g/mol. The lowest BCUT2D eigenvalue weighted by molar-refractivity contribution is 0.385. The van der Waals surface area contributed by atoms with E-state index in [1.807, 2.05) is 13.2 Å². The van der Waals surface area contributed by atoms with Crippen LogP contribution >= 0.6 is 50.9 Å². The average Bonchev–Trinajstić information content (AvgIpc) is 2.33. The van der Waals surface area contributed by atoms with Crippen molar-refractivity contribution in [2.24, 2.45) is 0 Å². The Bertz CT molecular complexity index is 558. The first-order valence-electron chi connectivity index (χ1n) is 5.87. The first-order valence-corrected chi connectivity index (χ1v) is 10.3. The normalized spacial score (nSPS) is 13.8. The molecule has 0 bridgehead atoms. The maximum Gasteiger partial charge on any atom is 0.246 e. The van der Waals surface area contributed by atoms with Crippen LogP contribution in [0.4, 0.5) is 0 Å². The number of halogens is 3. The van der Waals surface area contributed by atoms with E-state index in [9.17, 15) is 8.42 Å². The molecule has 8 heteroatoms. The highest BCUT2D eigenvalue weighted by atomic mass is 79.9. The zero-order valence-corrected chi connectivity index (χ0v) is 16.1. The molecule has 0 fully saturated rings. The quantitative estimate of drug-likeness (QED) is 0.678. The Morgan fingerprint density at radius 1 is 1.35 bits per heavy atom. The number of hydrogen-bond donors (Lipinski definition) is 0. The number of sulfonamides is 1. The van der Waals surface area contributed by atoms with Gasteiger partial charge in [-0.05, 0) is 24.8 Å². The van der Waals surface area contributed by atoms with Gasteiger partial charge in [-0.2, -0.15) is 16.1 Å². The smallest absolute Gasteiger partial charge is 0.207 e. The summed E-state index contributed by atoms with van der Waals surface area (Å²) < 4.78 is 27.4. The summed E-state index contributed by atoms with van der Waals surface area (Å²) in [5.41, 5.74) is 0. The highest BCUT2D eigenvalue weighted by Gasteiger charge is 2.30. The molecular weight excluding hydrogens is 405 g/mol. The first-order chi connectivity index (χ1) is 9.25. The van der Waals surface area contributed by atoms with Crippen LogP contribution in [0.3, 0.4) is 0 Å². The molecule has 1 atom stereocenters. The largest absolute Gasteiger partial charge is 0.246 e. The molecule has 0 aliphatic carbocycles. The Labute approximate surface area is 143 Å². The Balaban J connectivity index is 3.30. The second-order valence-electron chi connectivity index (χ2n) is 4.24. The summed E-state index contributed by atoms with van der Waals surface area (Å²) in [7, 11) is -2.15. The van der Waals surface area contributed by atoms with Gasteiger partial charge in [0.25, 0.3) is 0 Å². The lowest BCUT2D eigenvalue weighted by Crippen LogP contribution is -2.38. The molecule has 1 rings (SSSR count). The third-order valence-corrected chi connectivity index (χ3v) is 6.95. The van der Waals surface area contributed by atoms with Crippen LogP contribution in [0.2, 0.25) is 10.0 Å². The lowest BCUT2D eigenvalue weighted by atomic mass is 10.3. The fourth-order valence-electron chi connectivity index (χ4n) is 1.79. The van der Waals surface area contributed by atoms with E-state index in [0.29, 0.717) is 4.47 Å². The van der Waals surface area contributed by atoms with E-state index in [-0.39, 0.29) is 21.0 Å². The molecule has 0 aliphatic heterocycles. The topological polar surface area (TPSA) is 37.4 Å². The van der Waals surface area contributed by atoms with Crippen LogP contribution < -0.4 is 0 Å². The summed E-state index contributed by atoms with van der Waals surface area (Å²) >= 11 is 17.0. The Hall–Kier alpha value is 0.540. The Kier molecular flexibility index (Phi) is 7.15. The highest BCUT2D eigenvalue weighted by Crippen LogP contribution is 2.35. The molecule has 0 saturated carbocycles. The van der Waals surface area contributed by atoms with Crippen LogP contribution in [0.1, 0.15) is 13.3 Å². The minimum atomic E-state index is -3.72. The molecule has 0 aromatic heterocycles. The molecule has 0 aliphatic rings. The van der Waals surface area contributed by atoms with E-state index in [1.54, 1.807) is 18.8 Å². The van der Waals surface area contributed by atoms with Crippen molar-refractivity contribution in [3.63, 3.8) is 0 Å². The molecular formula is C12H16BrCl2NO2S2. The van der Waals surface area contributed by atoms with Crippen LogP contribution in [-0.4, -0.2) is 37.8 Å². The molecule has 3 nitrogen and oxygen atoms in total. The van der Waals surface area contributed by atoms with Gasteiger partial charge in [-0.15, -0.1) is 0 Å². The van der Waals surface area contributed by atoms with Crippen molar-refractivity contribution in [2.45, 2.75) is 24.3 Å². The second kappa shape index (κ2) is 7.70. The molecule has 20 heavy (non-hydrogen) atoms. The van der Waals surface area contributed by atoms with E-state index in [1.165, 1.54) is 16.4 Å². The minimum Gasteiger partial charge on any atom is -0.207 e. The standard InChI is InChI=1S/C12H16BrCl2NO2S2/c1-4-9(7-19-3)16(2)20(17,18)12-10(14)5-8(13)6-11(12)15/h5-6,9H,4,7H2,1-3H3. The number of hydrogen-bond acceptors (Lipinski definition) is 3. The van der Waals surface area contributed by atoms with Gasteiger partial charge in [-0.3, -0.25) is 0 Å². The molecule has 0 saturated heterocycles. The van der Waals surface area contributed by atoms with Crippen molar-refractivity contribution in [1.29, 1.82) is 0 Å². The van der Waals surface area contributed by atoms with Gasteiger partial charge in [-0.25, -0.2) is 8.42 Å². The van der Waals surface area contributed by atoms with Gasteiger partial charge in [0.1, 0.15) is 4.90 Å². The van der Waals surface area contributed by atoms with Gasteiger partial charge < -0.3 is 0 Å². The predicted octanol–water partition coefficient (Wildman–Crippen LogP) is 4.52. The molecule has 0 spiro atoms. The zero-order chi connectivity index (χ0) is 15.5. The monoisotopic (exact) mass is 419 g/mol. The van der Waals surface area contributed by atoms with E-state index in [2.05, 4.69) is 15.9 Å². The summed E-state index contributed by atoms with van der Waals surface area (Å²) in [5, 5.41) is 0.241. The number of rotatable bonds is 6. The summed E-state index contributed by atoms with van der Waals surface area (Å²) in [5.74, 6) is 0.720. The maximum absolute atomic E-state index is 12.7. The van der Waals surface area contributed by atoms with Crippen molar-refractivity contribution in [3.8, 4) is 0 Å². The SMILES string of the molecule is CCC(CSC)N(C)S(=O)(=O)c1c(Cl)cc(Br)cc1Cl. The maximum atomic E-state index is 12.7. The van der Waals surface area contributed by atoms with Crippen molar-refractivity contribution in [2.75, 3.05) is 19.1 Å². The molecule has 114 valence electrons. The lowest BCUT2D eigenvalue weighted by Gasteiger charge is -2.26. The molecule has 0 heterocycles. The van der Waals surface area contributed by atoms with Crippen LogP contribution in [0, 0.1) is 0 Å². The van der Waals surface area contributed by atoms with Gasteiger partial charge >= 0.3 is 0 Å². The van der Waals surface area contributed by atoms with Crippen molar-refractivity contribution >= 4 is 60.9 Å². The van der Waals surface area contributed by atoms with E-state index >= 15 is 0 Å². The third kappa shape index (κ3) is 4.05. The number of benzene rings is 1. The van der Waals surface area contributed by atoms with Gasteiger partial charge in [0.15, 0.2) is 0 Å². The molecule has 0 N–H and O–H groups in total. The molecule has 1 aromatic rings. The fraction of sp³-hybridized carbons (Fsp3) is 0.500. The van der Waals surface area contributed by atoms with E-state index in [4.69, 9.17) is 23.2 Å². The van der Waals surface area contributed by atoms with Crippen molar-refractivity contribution in [1.82, 2.24) is 4.31 Å². The summed E-state index contributed by atoms with van der Waals surface area (Å²) in [6, 6.07) is 2.97. The Morgan fingerprint density at radius 3 is 2.25 bits per heavy atom. The predicted molar refractivity (Wildman–Crippen MR) is 91.6 cm³/mol. The molecule has 1 aromatic carbocycles. The Morgan fingerprint density at radius 2 is 1.85 bits per heavy atom. The first kappa shape index (κ1) is 18.6. The molecule has 0 amide bonds. The van der Waals surface area contributed by atoms with Gasteiger partial charge in [0, 0.05) is 23.3 Å². The highest BCUT2D eigenvalue weighted by molar-refractivity contribution is 9.10. The van der Waals surface area contributed by atoms with E-state index < -0.39 is 10.0 Å². The number of nitrogens with zero attached hydrogens (tertiary/aromatic N) is 1. The fourth-order valence-corrected chi connectivity index (χ4v) is 6.03. The van der Waals surface area contributed by atoms with Crippen LogP contribution in [0.5, 0.6) is 0 Å². The number of thioether (sulfide) groups is 1. The van der Waals surface area contributed by atoms with Crippen LogP contribution in [-0.2, 0) is 10.0 Å². The van der Waals surface area contributed by atoms with Gasteiger partial charge in [-0.1, -0.05) is 46.1 Å². The van der Waals surface area contributed by atoms with E-state index in [0.717, 1.165) is 12.2 Å². The molecule has 1 unspecified atom stereocenters. The summed E-state index contributed by atoms with van der Waals surface area (Å²) in [4.78, 5) is -0.0360. The van der Waals surface area contributed by atoms with Crippen LogP contribution in [0.25, 0.3) is 0 Å². The third-order valence-electron chi connectivity index (χ3n) is 2.94. The van der Waals surface area contributed by atoms with Gasteiger partial charge in [0.05, 0.1) is 10.0 Å². The van der Waals surface area contributed by atoms with Crippen molar-refractivity contribution < 1.29 is 8.42 Å². The minimum absolute atomic E-state index is 0.0360. The summed E-state index contributed by atoms with van der Waals surface area (Å²) in [6.07, 6.45) is 2.67. The van der Waals surface area contributed by atoms with Crippen LogP contribution in [0.15, 0.2) is 21.5 Å². The van der Waals surface area contributed by atoms with Crippen molar-refractivity contribution in [3.05, 3.63) is 26.7 Å². The second-order valence-corrected chi connectivity index (χ2v) is 8.81. The van der Waals surface area contributed by atoms with Gasteiger partial charge in [0.2, 0.25) is 10.0 Å². The summed E-state index contributed by atoms with van der Waals surface area (Å²) in [6.45, 7) is 1.96.